The largest absolute Gasteiger partial charge is 0.490 e. The summed E-state index contributed by atoms with van der Waals surface area (Å²) < 4.78 is 75.1. The second-order valence-corrected chi connectivity index (χ2v) is 9.13. The lowest BCUT2D eigenvalue weighted by Crippen LogP contribution is -2.64. The first kappa shape index (κ1) is 34.0. The highest BCUT2D eigenvalue weighted by Crippen LogP contribution is 2.38. The summed E-state index contributed by atoms with van der Waals surface area (Å²) in [5, 5.41) is 14.2. The maximum Gasteiger partial charge on any atom is 0.490 e. The molecule has 0 saturated carbocycles. The molecule has 0 radical (unpaired) electrons. The van der Waals surface area contributed by atoms with Crippen molar-refractivity contribution in [1.82, 2.24) is 14.8 Å². The van der Waals surface area contributed by atoms with E-state index in [0.717, 1.165) is 45.5 Å². The molecule has 0 aliphatic carbocycles. The lowest BCUT2D eigenvalue weighted by atomic mass is 9.79. The number of ether oxygens (including phenoxy) is 2. The SMILES string of the molecule is CN(C)C(=O)COCCC1CCOC2(C1)CN(Cc1ccncc1)C2.O=C(O)C(F)(F)F.O=C(O)C(F)(F)F. The molecule has 1 aromatic heterocycles. The molecule has 1 atom stereocenters. The number of carbonyl (C=O) groups excluding carboxylic acids is 1. The number of aliphatic carboxylic acids is 2. The molecular formula is C23H31F6N3O7. The van der Waals surface area contributed by atoms with Gasteiger partial charge in [-0.25, -0.2) is 9.59 Å². The molecule has 2 saturated heterocycles. The summed E-state index contributed by atoms with van der Waals surface area (Å²) in [4.78, 5) is 37.4. The summed E-state index contributed by atoms with van der Waals surface area (Å²) in [6.45, 7) is 4.65. The van der Waals surface area contributed by atoms with Crippen molar-refractivity contribution in [2.24, 2.45) is 5.92 Å². The Labute approximate surface area is 220 Å². The van der Waals surface area contributed by atoms with Gasteiger partial charge in [0.25, 0.3) is 0 Å². The van der Waals surface area contributed by atoms with Crippen molar-refractivity contribution < 1.29 is 60.4 Å². The van der Waals surface area contributed by atoms with Crippen LogP contribution in [0.5, 0.6) is 0 Å². The number of carboxylic acids is 2. The Balaban J connectivity index is 0.000000449. The Morgan fingerprint density at radius 3 is 2.05 bits per heavy atom. The van der Waals surface area contributed by atoms with E-state index >= 15 is 0 Å². The fourth-order valence-corrected chi connectivity index (χ4v) is 3.76. The maximum absolute atomic E-state index is 11.5. The molecule has 1 unspecified atom stereocenters. The molecule has 2 N–H and O–H groups in total. The Morgan fingerprint density at radius 2 is 1.59 bits per heavy atom. The summed E-state index contributed by atoms with van der Waals surface area (Å²) in [5.74, 6) is -4.86. The van der Waals surface area contributed by atoms with Crippen LogP contribution in [0.3, 0.4) is 0 Å². The molecule has 3 heterocycles. The van der Waals surface area contributed by atoms with E-state index in [2.05, 4.69) is 22.0 Å². The van der Waals surface area contributed by atoms with Crippen molar-refractivity contribution in [3.63, 3.8) is 0 Å². The summed E-state index contributed by atoms with van der Waals surface area (Å²) in [6, 6.07) is 4.14. The Bertz CT molecular complexity index is 899. The van der Waals surface area contributed by atoms with Crippen LogP contribution in [0.1, 0.15) is 24.8 Å². The van der Waals surface area contributed by atoms with Crippen molar-refractivity contribution in [3.8, 4) is 0 Å². The zero-order chi connectivity index (χ0) is 29.9. The van der Waals surface area contributed by atoms with Crippen molar-refractivity contribution in [3.05, 3.63) is 30.1 Å². The highest BCUT2D eigenvalue weighted by atomic mass is 19.4. The predicted molar refractivity (Wildman–Crippen MR) is 122 cm³/mol. The van der Waals surface area contributed by atoms with Crippen LogP contribution >= 0.6 is 0 Å². The van der Waals surface area contributed by atoms with E-state index in [1.807, 2.05) is 12.4 Å². The van der Waals surface area contributed by atoms with E-state index < -0.39 is 24.3 Å². The van der Waals surface area contributed by atoms with E-state index in [9.17, 15) is 31.1 Å². The van der Waals surface area contributed by atoms with Gasteiger partial charge in [0.05, 0.1) is 5.60 Å². The Morgan fingerprint density at radius 1 is 1.08 bits per heavy atom. The summed E-state index contributed by atoms with van der Waals surface area (Å²) in [5.41, 5.74) is 1.34. The number of halogens is 6. The van der Waals surface area contributed by atoms with E-state index in [-0.39, 0.29) is 18.1 Å². The number of carboxylic acid groups (broad SMARTS) is 2. The minimum Gasteiger partial charge on any atom is -0.475 e. The van der Waals surface area contributed by atoms with E-state index in [0.29, 0.717) is 12.5 Å². The Hall–Kier alpha value is -2.98. The van der Waals surface area contributed by atoms with E-state index in [4.69, 9.17) is 29.3 Å². The minimum atomic E-state index is -5.08. The second kappa shape index (κ2) is 15.0. The first-order valence-corrected chi connectivity index (χ1v) is 11.6. The van der Waals surface area contributed by atoms with Gasteiger partial charge in [0.2, 0.25) is 5.91 Å². The molecule has 2 aliphatic heterocycles. The molecule has 0 bridgehead atoms. The molecule has 1 aromatic rings. The maximum atomic E-state index is 11.5. The van der Waals surface area contributed by atoms with Gasteiger partial charge in [-0.05, 0) is 42.9 Å². The van der Waals surface area contributed by atoms with Gasteiger partial charge in [-0.3, -0.25) is 14.7 Å². The quantitative estimate of drug-likeness (QED) is 0.373. The average molecular weight is 576 g/mol. The predicted octanol–water partition coefficient (Wildman–Crippen LogP) is 2.82. The number of carbonyl (C=O) groups is 3. The van der Waals surface area contributed by atoms with Crippen molar-refractivity contribution in [2.45, 2.75) is 43.8 Å². The van der Waals surface area contributed by atoms with Gasteiger partial charge < -0.3 is 24.6 Å². The number of hydrogen-bond acceptors (Lipinski definition) is 7. The van der Waals surface area contributed by atoms with Gasteiger partial charge in [0.1, 0.15) is 6.61 Å². The highest BCUT2D eigenvalue weighted by Gasteiger charge is 2.47. The first-order valence-electron chi connectivity index (χ1n) is 11.6. The summed E-state index contributed by atoms with van der Waals surface area (Å²) >= 11 is 0. The molecule has 1 spiro atoms. The highest BCUT2D eigenvalue weighted by molar-refractivity contribution is 5.76. The molecule has 222 valence electrons. The fraction of sp³-hybridized carbons (Fsp3) is 0.652. The molecule has 2 aliphatic rings. The van der Waals surface area contributed by atoms with Gasteiger partial charge in [0, 0.05) is 59.3 Å². The lowest BCUT2D eigenvalue weighted by Gasteiger charge is -2.53. The monoisotopic (exact) mass is 575 g/mol. The summed E-state index contributed by atoms with van der Waals surface area (Å²) in [7, 11) is 3.50. The number of nitrogens with zero attached hydrogens (tertiary/aromatic N) is 3. The van der Waals surface area contributed by atoms with Gasteiger partial charge in [-0.2, -0.15) is 26.3 Å². The molecule has 0 aromatic carbocycles. The van der Waals surface area contributed by atoms with Crippen LogP contribution in [0, 0.1) is 5.92 Å². The number of likely N-dealkylation sites (N-methyl/N-ethyl adjacent to an activating group) is 1. The first-order chi connectivity index (χ1) is 17.9. The molecular weight excluding hydrogens is 544 g/mol. The number of hydrogen-bond donors (Lipinski definition) is 2. The molecule has 10 nitrogen and oxygen atoms in total. The number of amides is 1. The van der Waals surface area contributed by atoms with Gasteiger partial charge in [-0.1, -0.05) is 0 Å². The van der Waals surface area contributed by atoms with Crippen LogP contribution < -0.4 is 0 Å². The second-order valence-electron chi connectivity index (χ2n) is 9.13. The van der Waals surface area contributed by atoms with Crippen molar-refractivity contribution >= 4 is 17.8 Å². The molecule has 1 amide bonds. The van der Waals surface area contributed by atoms with Gasteiger partial charge in [0.15, 0.2) is 0 Å². The number of aromatic nitrogens is 1. The average Bonchev–Trinajstić information content (AvgIpc) is 2.81. The number of alkyl halides is 6. The van der Waals surface area contributed by atoms with Crippen molar-refractivity contribution in [2.75, 3.05) is 47.0 Å². The van der Waals surface area contributed by atoms with E-state index in [1.165, 1.54) is 5.56 Å². The number of pyridine rings is 1. The number of rotatable bonds is 7. The standard InChI is InChI=1S/C19H29N3O3.2C2HF3O2/c1-21(2)18(23)13-24-9-5-16-6-10-25-19(11-16)14-22(15-19)12-17-3-7-20-8-4-17;2*3-2(4,5)1(6)7/h3-4,7-8,16H,5-6,9-15H2,1-2H3;2*(H,6,7). The topological polar surface area (TPSA) is 130 Å². The van der Waals surface area contributed by atoms with Crippen LogP contribution in [0.25, 0.3) is 0 Å². The minimum absolute atomic E-state index is 0.0224. The zero-order valence-corrected chi connectivity index (χ0v) is 21.3. The third-order valence-electron chi connectivity index (χ3n) is 5.65. The van der Waals surface area contributed by atoms with Gasteiger partial charge >= 0.3 is 24.3 Å². The van der Waals surface area contributed by atoms with Crippen molar-refractivity contribution in [1.29, 1.82) is 0 Å². The molecule has 39 heavy (non-hydrogen) atoms. The molecule has 2 fully saturated rings. The Kier molecular flexibility index (Phi) is 13.1. The third kappa shape index (κ3) is 13.1. The van der Waals surface area contributed by atoms with Crippen LogP contribution in [0.2, 0.25) is 0 Å². The number of likely N-dealkylation sites (tertiary alicyclic amines) is 1. The lowest BCUT2D eigenvalue weighted by molar-refractivity contribution is -0.193. The molecule has 16 heteroatoms. The van der Waals surface area contributed by atoms with Gasteiger partial charge in [-0.15, -0.1) is 0 Å². The van der Waals surface area contributed by atoms with Crippen LogP contribution in [-0.2, 0) is 30.4 Å². The van der Waals surface area contributed by atoms with Crippen LogP contribution in [0.4, 0.5) is 26.3 Å². The van der Waals surface area contributed by atoms with E-state index in [1.54, 1.807) is 19.0 Å². The summed E-state index contributed by atoms with van der Waals surface area (Å²) in [6.07, 6.45) is -3.27. The molecule has 3 rings (SSSR count). The van der Waals surface area contributed by atoms with Crippen LogP contribution in [-0.4, -0.2) is 108 Å². The third-order valence-corrected chi connectivity index (χ3v) is 5.65. The van der Waals surface area contributed by atoms with Crippen LogP contribution in [0.15, 0.2) is 24.5 Å². The normalized spacial score (nSPS) is 18.5. The smallest absolute Gasteiger partial charge is 0.475 e. The zero-order valence-electron chi connectivity index (χ0n) is 21.3. The fourth-order valence-electron chi connectivity index (χ4n) is 3.76.